The van der Waals surface area contributed by atoms with Crippen LogP contribution in [0.3, 0.4) is 0 Å². The van der Waals surface area contributed by atoms with Crippen LogP contribution in [0.4, 0.5) is 0 Å². The molecule has 0 radical (unpaired) electrons. The number of ether oxygens (including phenoxy) is 3. The largest absolute Gasteiger partial charge is 0.493 e. The zero-order valence-corrected chi connectivity index (χ0v) is 16.0. The third-order valence-corrected chi connectivity index (χ3v) is 3.85. The fraction of sp³-hybridized carbons (Fsp3) is 0.444. The molecule has 8 heteroatoms. The summed E-state index contributed by atoms with van der Waals surface area (Å²) in [4.78, 5) is 4.24. The third-order valence-electron chi connectivity index (χ3n) is 3.85. The fourth-order valence-electron chi connectivity index (χ4n) is 2.48. The fourth-order valence-corrected chi connectivity index (χ4v) is 2.48. The highest BCUT2D eigenvalue weighted by Crippen LogP contribution is 2.38. The van der Waals surface area contributed by atoms with Gasteiger partial charge in [0.2, 0.25) is 5.75 Å². The third kappa shape index (κ3) is 4.81. The average Bonchev–Trinajstić information content (AvgIpc) is 3.07. The van der Waals surface area contributed by atoms with Crippen LogP contribution in [-0.4, -0.2) is 43.6 Å². The Labute approximate surface area is 154 Å². The van der Waals surface area contributed by atoms with Crippen LogP contribution < -0.4 is 24.8 Å². The van der Waals surface area contributed by atoms with Crippen LogP contribution in [-0.2, 0) is 20.1 Å². The molecule has 0 spiro atoms. The minimum atomic E-state index is 0.537. The van der Waals surface area contributed by atoms with Gasteiger partial charge in [0.15, 0.2) is 17.5 Å². The van der Waals surface area contributed by atoms with E-state index in [1.807, 2.05) is 36.9 Å². The molecule has 2 rings (SSSR count). The van der Waals surface area contributed by atoms with Gasteiger partial charge in [0, 0.05) is 26.8 Å². The zero-order chi connectivity index (χ0) is 18.9. The van der Waals surface area contributed by atoms with Crippen LogP contribution in [0, 0.1) is 0 Å². The monoisotopic (exact) mass is 361 g/mol. The molecule has 0 aliphatic rings. The number of rotatable bonds is 8. The number of nitrogens with one attached hydrogen (secondary N) is 2. The van der Waals surface area contributed by atoms with Gasteiger partial charge in [0.05, 0.1) is 33.1 Å². The van der Waals surface area contributed by atoms with Crippen molar-refractivity contribution in [2.45, 2.75) is 20.0 Å². The second-order valence-electron chi connectivity index (χ2n) is 5.49. The summed E-state index contributed by atoms with van der Waals surface area (Å²) in [6.07, 6.45) is 1.77. The van der Waals surface area contributed by atoms with E-state index in [0.29, 0.717) is 42.9 Å². The Kier molecular flexibility index (Phi) is 7.13. The Hall–Kier alpha value is -2.90. The summed E-state index contributed by atoms with van der Waals surface area (Å²) in [5.41, 5.74) is 2.06. The first-order valence-corrected chi connectivity index (χ1v) is 8.42. The molecule has 1 aromatic heterocycles. The van der Waals surface area contributed by atoms with Crippen molar-refractivity contribution < 1.29 is 14.2 Å². The molecule has 2 N–H and O–H groups in total. The van der Waals surface area contributed by atoms with Gasteiger partial charge in [-0.25, -0.2) is 0 Å². The molecule has 26 heavy (non-hydrogen) atoms. The van der Waals surface area contributed by atoms with E-state index in [4.69, 9.17) is 14.2 Å². The van der Waals surface area contributed by atoms with Gasteiger partial charge >= 0.3 is 0 Å². The van der Waals surface area contributed by atoms with E-state index in [2.05, 4.69) is 20.7 Å². The standard InChI is InChI=1S/C18H27N5O3/c1-6-26-17-15(24-4)9-13(10-16(17)25-5)11-20-18(19-2)21-12-14-7-8-22-23(14)3/h7-10H,6,11-12H2,1-5H3,(H2,19,20,21). The summed E-state index contributed by atoms with van der Waals surface area (Å²) < 4.78 is 18.3. The topological polar surface area (TPSA) is 81.9 Å². The van der Waals surface area contributed by atoms with Gasteiger partial charge in [-0.1, -0.05) is 0 Å². The number of aliphatic imine (C=N–C) groups is 1. The van der Waals surface area contributed by atoms with Crippen molar-refractivity contribution in [3.63, 3.8) is 0 Å². The van der Waals surface area contributed by atoms with Crippen LogP contribution in [0.5, 0.6) is 17.2 Å². The van der Waals surface area contributed by atoms with E-state index < -0.39 is 0 Å². The van der Waals surface area contributed by atoms with Crippen LogP contribution in [0.1, 0.15) is 18.2 Å². The van der Waals surface area contributed by atoms with Gasteiger partial charge in [-0.15, -0.1) is 0 Å². The number of aryl methyl sites for hydroxylation is 1. The Morgan fingerprint density at radius 2 is 1.81 bits per heavy atom. The highest BCUT2D eigenvalue weighted by atomic mass is 16.5. The Morgan fingerprint density at radius 1 is 1.15 bits per heavy atom. The second kappa shape index (κ2) is 9.55. The molecule has 0 saturated heterocycles. The van der Waals surface area contributed by atoms with Gasteiger partial charge in [0.25, 0.3) is 0 Å². The second-order valence-corrected chi connectivity index (χ2v) is 5.49. The summed E-state index contributed by atoms with van der Waals surface area (Å²) in [6, 6.07) is 5.81. The van der Waals surface area contributed by atoms with E-state index in [1.165, 1.54) is 0 Å². The lowest BCUT2D eigenvalue weighted by atomic mass is 10.2. The Bertz CT molecular complexity index is 717. The lowest BCUT2D eigenvalue weighted by Crippen LogP contribution is -2.36. The minimum absolute atomic E-state index is 0.537. The summed E-state index contributed by atoms with van der Waals surface area (Å²) in [5.74, 6) is 2.58. The molecule has 8 nitrogen and oxygen atoms in total. The van der Waals surface area contributed by atoms with Gasteiger partial charge in [0.1, 0.15) is 0 Å². The first-order valence-electron chi connectivity index (χ1n) is 8.42. The lowest BCUT2D eigenvalue weighted by Gasteiger charge is -2.16. The van der Waals surface area contributed by atoms with E-state index in [-0.39, 0.29) is 0 Å². The summed E-state index contributed by atoms with van der Waals surface area (Å²) in [6.45, 7) is 3.65. The molecule has 142 valence electrons. The predicted molar refractivity (Wildman–Crippen MR) is 101 cm³/mol. The predicted octanol–water partition coefficient (Wildman–Crippen LogP) is 1.70. The molecule has 1 heterocycles. The molecule has 2 aromatic rings. The summed E-state index contributed by atoms with van der Waals surface area (Å²) in [5, 5.41) is 10.7. The van der Waals surface area contributed by atoms with Gasteiger partial charge in [-0.05, 0) is 30.7 Å². The summed E-state index contributed by atoms with van der Waals surface area (Å²) >= 11 is 0. The quantitative estimate of drug-likeness (QED) is 0.550. The first-order chi connectivity index (χ1) is 12.6. The molecule has 0 fully saturated rings. The number of guanidine groups is 1. The Balaban J connectivity index is 2.03. The van der Waals surface area contributed by atoms with E-state index >= 15 is 0 Å². The molecule has 0 aliphatic carbocycles. The van der Waals surface area contributed by atoms with Crippen molar-refractivity contribution in [3.8, 4) is 17.2 Å². The smallest absolute Gasteiger partial charge is 0.203 e. The SMILES string of the molecule is CCOc1c(OC)cc(CNC(=NC)NCc2ccnn2C)cc1OC. The van der Waals surface area contributed by atoms with E-state index in [1.54, 1.807) is 27.5 Å². The minimum Gasteiger partial charge on any atom is -0.493 e. The highest BCUT2D eigenvalue weighted by molar-refractivity contribution is 5.79. The average molecular weight is 361 g/mol. The van der Waals surface area contributed by atoms with Gasteiger partial charge in [-0.2, -0.15) is 5.10 Å². The van der Waals surface area contributed by atoms with Gasteiger partial charge < -0.3 is 24.8 Å². The Morgan fingerprint density at radius 3 is 2.31 bits per heavy atom. The lowest BCUT2D eigenvalue weighted by molar-refractivity contribution is 0.288. The number of hydrogen-bond acceptors (Lipinski definition) is 5. The maximum absolute atomic E-state index is 5.63. The zero-order valence-electron chi connectivity index (χ0n) is 16.0. The molecule has 0 atom stereocenters. The van der Waals surface area contributed by atoms with Crippen LogP contribution in [0.15, 0.2) is 29.4 Å². The molecule has 0 unspecified atom stereocenters. The molecule has 0 bridgehead atoms. The van der Waals surface area contributed by atoms with Crippen molar-refractivity contribution in [1.82, 2.24) is 20.4 Å². The van der Waals surface area contributed by atoms with Crippen molar-refractivity contribution in [3.05, 3.63) is 35.7 Å². The van der Waals surface area contributed by atoms with Crippen molar-refractivity contribution in [2.75, 3.05) is 27.9 Å². The van der Waals surface area contributed by atoms with Crippen molar-refractivity contribution in [1.29, 1.82) is 0 Å². The highest BCUT2D eigenvalue weighted by Gasteiger charge is 2.14. The normalized spacial score (nSPS) is 11.2. The first kappa shape index (κ1) is 19.4. The maximum atomic E-state index is 5.63. The maximum Gasteiger partial charge on any atom is 0.203 e. The van der Waals surface area contributed by atoms with E-state index in [0.717, 1.165) is 11.3 Å². The van der Waals surface area contributed by atoms with Crippen LogP contribution >= 0.6 is 0 Å². The number of aromatic nitrogens is 2. The van der Waals surface area contributed by atoms with Crippen LogP contribution in [0.25, 0.3) is 0 Å². The molecular formula is C18H27N5O3. The van der Waals surface area contributed by atoms with Crippen molar-refractivity contribution in [2.24, 2.45) is 12.0 Å². The van der Waals surface area contributed by atoms with E-state index in [9.17, 15) is 0 Å². The number of nitrogens with zero attached hydrogens (tertiary/aromatic N) is 3. The summed E-state index contributed by atoms with van der Waals surface area (Å²) in [7, 11) is 6.87. The van der Waals surface area contributed by atoms with Crippen LogP contribution in [0.2, 0.25) is 0 Å². The van der Waals surface area contributed by atoms with Gasteiger partial charge in [-0.3, -0.25) is 9.67 Å². The number of benzene rings is 1. The number of hydrogen-bond donors (Lipinski definition) is 2. The number of methoxy groups -OCH3 is 2. The molecule has 0 aliphatic heterocycles. The molecule has 1 aromatic carbocycles. The van der Waals surface area contributed by atoms with Crippen molar-refractivity contribution >= 4 is 5.96 Å². The molecular weight excluding hydrogens is 334 g/mol. The molecule has 0 saturated carbocycles. The molecule has 0 amide bonds.